The average molecular weight is 370 g/mol. The van der Waals surface area contributed by atoms with Crippen LogP contribution < -0.4 is 4.74 Å². The zero-order valence-electron chi connectivity index (χ0n) is 15.0. The first kappa shape index (κ1) is 19.6. The summed E-state index contributed by atoms with van der Waals surface area (Å²) >= 11 is 5.88. The lowest BCUT2D eigenvalue weighted by atomic mass is 9.98. The van der Waals surface area contributed by atoms with Gasteiger partial charge in [-0.2, -0.15) is 5.26 Å². The van der Waals surface area contributed by atoms with Crippen LogP contribution in [0.1, 0.15) is 29.2 Å². The standard InChI is InChI=1S/C21H20ClNO3/c1-4-25-21(24)17(12-23)11-16-9-14(2)10-18(15(16)3)13-26-20-7-5-19(22)6-8-20/h5-11H,4,13H2,1-3H3. The van der Waals surface area contributed by atoms with Crippen LogP contribution in [0.5, 0.6) is 5.75 Å². The van der Waals surface area contributed by atoms with Crippen LogP contribution in [0.2, 0.25) is 5.02 Å². The monoisotopic (exact) mass is 369 g/mol. The van der Waals surface area contributed by atoms with Gasteiger partial charge in [0.05, 0.1) is 6.61 Å². The fourth-order valence-electron chi connectivity index (χ4n) is 2.46. The first-order chi connectivity index (χ1) is 12.4. The third kappa shape index (κ3) is 5.11. The fourth-order valence-corrected chi connectivity index (χ4v) is 2.58. The van der Waals surface area contributed by atoms with E-state index in [1.165, 1.54) is 0 Å². The molecular weight excluding hydrogens is 350 g/mol. The van der Waals surface area contributed by atoms with Crippen molar-refractivity contribution in [1.82, 2.24) is 0 Å². The number of hydrogen-bond acceptors (Lipinski definition) is 4. The van der Waals surface area contributed by atoms with Gasteiger partial charge >= 0.3 is 5.97 Å². The molecule has 0 aliphatic rings. The van der Waals surface area contributed by atoms with Gasteiger partial charge < -0.3 is 9.47 Å². The van der Waals surface area contributed by atoms with E-state index in [-0.39, 0.29) is 12.2 Å². The molecule has 0 N–H and O–H groups in total. The van der Waals surface area contributed by atoms with Gasteiger partial charge in [-0.15, -0.1) is 0 Å². The van der Waals surface area contributed by atoms with Crippen LogP contribution in [0.25, 0.3) is 6.08 Å². The quantitative estimate of drug-likeness (QED) is 0.408. The number of ether oxygens (including phenoxy) is 2. The summed E-state index contributed by atoms with van der Waals surface area (Å²) in [5.74, 6) is 0.103. The number of carbonyl (C=O) groups is 1. The van der Waals surface area contributed by atoms with Crippen LogP contribution >= 0.6 is 11.6 Å². The Morgan fingerprint density at radius 1 is 1.23 bits per heavy atom. The van der Waals surface area contributed by atoms with Crippen molar-refractivity contribution < 1.29 is 14.3 Å². The molecule has 0 saturated carbocycles. The lowest BCUT2D eigenvalue weighted by Gasteiger charge is -2.13. The molecule has 0 heterocycles. The molecule has 2 aromatic rings. The van der Waals surface area contributed by atoms with Crippen LogP contribution in [0, 0.1) is 25.2 Å². The maximum absolute atomic E-state index is 11.8. The highest BCUT2D eigenvalue weighted by Gasteiger charge is 2.12. The predicted molar refractivity (Wildman–Crippen MR) is 102 cm³/mol. The topological polar surface area (TPSA) is 59.3 Å². The van der Waals surface area contributed by atoms with Gasteiger partial charge in [0.15, 0.2) is 0 Å². The normalized spacial score (nSPS) is 11.0. The van der Waals surface area contributed by atoms with Crippen LogP contribution in [0.4, 0.5) is 0 Å². The van der Waals surface area contributed by atoms with Gasteiger partial charge in [0.1, 0.15) is 24.0 Å². The van der Waals surface area contributed by atoms with Crippen molar-refractivity contribution in [1.29, 1.82) is 5.26 Å². The van der Waals surface area contributed by atoms with Crippen molar-refractivity contribution >= 4 is 23.6 Å². The second kappa shape index (κ2) is 9.07. The third-order valence-corrected chi connectivity index (χ3v) is 4.08. The smallest absolute Gasteiger partial charge is 0.348 e. The van der Waals surface area contributed by atoms with Crippen LogP contribution in [-0.4, -0.2) is 12.6 Å². The zero-order valence-corrected chi connectivity index (χ0v) is 15.8. The Balaban J connectivity index is 2.28. The fraction of sp³-hybridized carbons (Fsp3) is 0.238. The molecule has 0 aromatic heterocycles. The lowest BCUT2D eigenvalue weighted by molar-refractivity contribution is -0.137. The molecule has 5 heteroatoms. The average Bonchev–Trinajstić information content (AvgIpc) is 2.62. The Morgan fingerprint density at radius 2 is 1.92 bits per heavy atom. The summed E-state index contributed by atoms with van der Waals surface area (Å²) in [6, 6.07) is 13.0. The Hall–Kier alpha value is -2.77. The van der Waals surface area contributed by atoms with E-state index in [1.807, 2.05) is 44.2 Å². The molecule has 134 valence electrons. The number of rotatable bonds is 6. The van der Waals surface area contributed by atoms with Crippen LogP contribution in [0.3, 0.4) is 0 Å². The van der Waals surface area contributed by atoms with Gasteiger partial charge in [-0.05, 0) is 67.8 Å². The van der Waals surface area contributed by atoms with Crippen molar-refractivity contribution in [2.45, 2.75) is 27.4 Å². The van der Waals surface area contributed by atoms with Crippen LogP contribution in [-0.2, 0) is 16.1 Å². The Labute approximate surface area is 158 Å². The van der Waals surface area contributed by atoms with Crippen molar-refractivity contribution in [3.05, 3.63) is 69.2 Å². The number of aryl methyl sites for hydroxylation is 1. The van der Waals surface area contributed by atoms with Crippen molar-refractivity contribution in [3.8, 4) is 11.8 Å². The summed E-state index contributed by atoms with van der Waals surface area (Å²) in [5.41, 5.74) is 3.71. The summed E-state index contributed by atoms with van der Waals surface area (Å²) in [4.78, 5) is 11.8. The lowest BCUT2D eigenvalue weighted by Crippen LogP contribution is -2.06. The van der Waals surface area contributed by atoms with E-state index in [1.54, 1.807) is 25.1 Å². The van der Waals surface area contributed by atoms with Crippen LogP contribution in [0.15, 0.2) is 42.0 Å². The van der Waals surface area contributed by atoms with E-state index in [4.69, 9.17) is 21.1 Å². The highest BCUT2D eigenvalue weighted by molar-refractivity contribution is 6.30. The summed E-state index contributed by atoms with van der Waals surface area (Å²) in [6.07, 6.45) is 1.56. The molecule has 0 aliphatic carbocycles. The molecule has 0 radical (unpaired) electrons. The number of esters is 1. The second-order valence-corrected chi connectivity index (χ2v) is 6.21. The number of nitrogens with zero attached hydrogens (tertiary/aromatic N) is 1. The van der Waals surface area contributed by atoms with Gasteiger partial charge in [0.25, 0.3) is 0 Å². The Morgan fingerprint density at radius 3 is 2.54 bits per heavy atom. The molecule has 2 aromatic carbocycles. The number of halogens is 1. The SMILES string of the molecule is CCOC(=O)C(C#N)=Cc1cc(C)cc(COc2ccc(Cl)cc2)c1C. The predicted octanol–water partition coefficient (Wildman–Crippen LogP) is 5.01. The molecule has 2 rings (SSSR count). The number of nitriles is 1. The van der Waals surface area contributed by atoms with Gasteiger partial charge in [-0.1, -0.05) is 29.3 Å². The van der Waals surface area contributed by atoms with E-state index in [0.29, 0.717) is 11.6 Å². The van der Waals surface area contributed by atoms with E-state index in [2.05, 4.69) is 0 Å². The van der Waals surface area contributed by atoms with Gasteiger partial charge in [-0.3, -0.25) is 0 Å². The van der Waals surface area contributed by atoms with Gasteiger partial charge in [-0.25, -0.2) is 4.79 Å². The van der Waals surface area contributed by atoms with E-state index < -0.39 is 5.97 Å². The molecule has 0 amide bonds. The molecule has 0 aliphatic heterocycles. The Kier molecular flexibility index (Phi) is 6.82. The third-order valence-electron chi connectivity index (χ3n) is 3.82. The van der Waals surface area contributed by atoms with Crippen molar-refractivity contribution in [3.63, 3.8) is 0 Å². The first-order valence-corrected chi connectivity index (χ1v) is 8.59. The molecule has 0 atom stereocenters. The Bertz CT molecular complexity index is 864. The number of benzene rings is 2. The minimum Gasteiger partial charge on any atom is -0.489 e. The largest absolute Gasteiger partial charge is 0.489 e. The highest BCUT2D eigenvalue weighted by Crippen LogP contribution is 2.23. The molecule has 0 unspecified atom stereocenters. The molecule has 4 nitrogen and oxygen atoms in total. The maximum atomic E-state index is 11.8. The van der Waals surface area contributed by atoms with E-state index >= 15 is 0 Å². The number of carbonyl (C=O) groups excluding carboxylic acids is 1. The molecular formula is C21H20ClNO3. The molecule has 0 saturated heterocycles. The number of hydrogen-bond donors (Lipinski definition) is 0. The van der Waals surface area contributed by atoms with E-state index in [9.17, 15) is 10.1 Å². The molecule has 0 bridgehead atoms. The summed E-state index contributed by atoms with van der Waals surface area (Å²) in [5, 5.41) is 9.89. The minimum atomic E-state index is -0.616. The minimum absolute atomic E-state index is 0.0230. The van der Waals surface area contributed by atoms with Gasteiger partial charge in [0, 0.05) is 5.02 Å². The van der Waals surface area contributed by atoms with E-state index in [0.717, 1.165) is 28.0 Å². The maximum Gasteiger partial charge on any atom is 0.348 e. The van der Waals surface area contributed by atoms with Crippen molar-refractivity contribution in [2.75, 3.05) is 6.61 Å². The molecule has 26 heavy (non-hydrogen) atoms. The highest BCUT2D eigenvalue weighted by atomic mass is 35.5. The molecule has 0 spiro atoms. The second-order valence-electron chi connectivity index (χ2n) is 5.77. The molecule has 0 fully saturated rings. The summed E-state index contributed by atoms with van der Waals surface area (Å²) in [6.45, 7) is 6.20. The van der Waals surface area contributed by atoms with Crippen molar-refractivity contribution in [2.24, 2.45) is 0 Å². The summed E-state index contributed by atoms with van der Waals surface area (Å²) in [7, 11) is 0. The first-order valence-electron chi connectivity index (χ1n) is 8.22. The summed E-state index contributed by atoms with van der Waals surface area (Å²) < 4.78 is 10.7. The zero-order chi connectivity index (χ0) is 19.1. The van der Waals surface area contributed by atoms with Gasteiger partial charge in [0.2, 0.25) is 0 Å².